The Morgan fingerprint density at radius 1 is 1.00 bits per heavy atom. The summed E-state index contributed by atoms with van der Waals surface area (Å²) in [6, 6.07) is 24.6. The van der Waals surface area contributed by atoms with Crippen LogP contribution in [0.25, 0.3) is 11.1 Å². The number of aromatic nitrogens is 1. The molecule has 0 spiro atoms. The van der Waals surface area contributed by atoms with E-state index in [9.17, 15) is 9.59 Å². The van der Waals surface area contributed by atoms with Crippen LogP contribution in [0.5, 0.6) is 0 Å². The molecule has 1 aromatic heterocycles. The summed E-state index contributed by atoms with van der Waals surface area (Å²) in [5.74, 6) is -0.193. The molecule has 0 atom stereocenters. The van der Waals surface area contributed by atoms with Crippen molar-refractivity contribution in [1.29, 1.82) is 0 Å². The second kappa shape index (κ2) is 9.72. The Morgan fingerprint density at radius 2 is 1.83 bits per heavy atom. The number of hydrogen-bond donors (Lipinski definition) is 1. The molecule has 5 rings (SSSR count). The number of halogens is 1. The van der Waals surface area contributed by atoms with Gasteiger partial charge in [-0.1, -0.05) is 47.5 Å². The Labute approximate surface area is 209 Å². The number of pyridine rings is 1. The summed E-state index contributed by atoms with van der Waals surface area (Å²) >= 11 is 6.25. The van der Waals surface area contributed by atoms with Crippen molar-refractivity contribution in [3.8, 4) is 11.1 Å². The van der Waals surface area contributed by atoms with Crippen LogP contribution in [0.1, 0.15) is 27.2 Å². The molecule has 1 aliphatic rings. The highest BCUT2D eigenvalue weighted by Gasteiger charge is 2.25. The quantitative estimate of drug-likeness (QED) is 0.375. The standard InChI is InChI=1S/C29H24ClN3O2/c1-19-5-7-20(8-6-19)26-17-22(30)9-11-25(26)29(35)32-24-10-12-27-21(16-24)13-15-33(27)28(34)18-23-4-2-3-14-31-23/h2-12,14,16-17H,13,15,18H2,1H3,(H,32,35). The maximum Gasteiger partial charge on any atom is 0.256 e. The lowest BCUT2D eigenvalue weighted by Gasteiger charge is -2.18. The monoisotopic (exact) mass is 481 g/mol. The SMILES string of the molecule is Cc1ccc(-c2cc(Cl)ccc2C(=O)Nc2ccc3c(c2)CCN3C(=O)Cc2ccccn2)cc1. The zero-order valence-electron chi connectivity index (χ0n) is 19.3. The Kier molecular flexibility index (Phi) is 6.34. The molecule has 4 aromatic rings. The van der Waals surface area contributed by atoms with E-state index in [1.807, 2.05) is 73.7 Å². The molecule has 1 aliphatic heterocycles. The average molecular weight is 482 g/mol. The van der Waals surface area contributed by atoms with Crippen LogP contribution in [-0.2, 0) is 17.6 Å². The number of rotatable bonds is 5. The fourth-order valence-corrected chi connectivity index (χ4v) is 4.55. The molecule has 2 amide bonds. The van der Waals surface area contributed by atoms with Gasteiger partial charge in [-0.25, -0.2) is 0 Å². The number of anilines is 2. The Bertz CT molecular complexity index is 1400. The number of benzene rings is 3. The number of carbonyl (C=O) groups is 2. The molecule has 0 saturated carbocycles. The number of nitrogens with zero attached hydrogens (tertiary/aromatic N) is 2. The van der Waals surface area contributed by atoms with Crippen molar-refractivity contribution in [2.75, 3.05) is 16.8 Å². The summed E-state index contributed by atoms with van der Waals surface area (Å²) in [6.45, 7) is 2.64. The molecule has 3 aromatic carbocycles. The third kappa shape index (κ3) is 4.96. The van der Waals surface area contributed by atoms with E-state index in [-0.39, 0.29) is 18.2 Å². The molecule has 0 unspecified atom stereocenters. The van der Waals surface area contributed by atoms with Gasteiger partial charge in [-0.2, -0.15) is 0 Å². The topological polar surface area (TPSA) is 62.3 Å². The van der Waals surface area contributed by atoms with E-state index in [4.69, 9.17) is 11.6 Å². The molecule has 2 heterocycles. The van der Waals surface area contributed by atoms with Crippen molar-refractivity contribution >= 4 is 34.8 Å². The normalized spacial score (nSPS) is 12.3. The minimum absolute atomic E-state index is 0.0168. The van der Waals surface area contributed by atoms with Crippen molar-refractivity contribution in [3.05, 3.63) is 112 Å². The number of aryl methyl sites for hydroxylation is 1. The number of hydrogen-bond acceptors (Lipinski definition) is 3. The van der Waals surface area contributed by atoms with Gasteiger partial charge in [-0.05, 0) is 78.6 Å². The molecule has 0 radical (unpaired) electrons. The van der Waals surface area contributed by atoms with Crippen molar-refractivity contribution in [1.82, 2.24) is 4.98 Å². The summed E-state index contributed by atoms with van der Waals surface area (Å²) in [5, 5.41) is 3.59. The molecule has 0 saturated heterocycles. The van der Waals surface area contributed by atoms with E-state index in [1.54, 1.807) is 23.2 Å². The van der Waals surface area contributed by atoms with Gasteiger partial charge in [0.15, 0.2) is 0 Å². The fourth-order valence-electron chi connectivity index (χ4n) is 4.38. The average Bonchev–Trinajstić information content (AvgIpc) is 3.28. The van der Waals surface area contributed by atoms with E-state index in [1.165, 1.54) is 0 Å². The van der Waals surface area contributed by atoms with Crippen LogP contribution in [0.4, 0.5) is 11.4 Å². The third-order valence-corrected chi connectivity index (χ3v) is 6.42. The molecule has 174 valence electrons. The predicted molar refractivity (Wildman–Crippen MR) is 140 cm³/mol. The molecular formula is C29H24ClN3O2. The molecule has 35 heavy (non-hydrogen) atoms. The van der Waals surface area contributed by atoms with E-state index in [2.05, 4.69) is 10.3 Å². The Morgan fingerprint density at radius 3 is 2.60 bits per heavy atom. The molecule has 0 fully saturated rings. The number of amides is 2. The maximum atomic E-state index is 13.2. The number of carbonyl (C=O) groups excluding carboxylic acids is 2. The predicted octanol–water partition coefficient (Wildman–Crippen LogP) is 6.09. The van der Waals surface area contributed by atoms with E-state index >= 15 is 0 Å². The first kappa shape index (κ1) is 22.8. The second-order valence-corrected chi connectivity index (χ2v) is 9.08. The van der Waals surface area contributed by atoms with Crippen LogP contribution in [0.15, 0.2) is 85.1 Å². The minimum atomic E-state index is -0.210. The minimum Gasteiger partial charge on any atom is -0.322 e. The summed E-state index contributed by atoms with van der Waals surface area (Å²) in [6.07, 6.45) is 2.69. The lowest BCUT2D eigenvalue weighted by molar-refractivity contribution is -0.117. The molecule has 1 N–H and O–H groups in total. The second-order valence-electron chi connectivity index (χ2n) is 8.65. The van der Waals surface area contributed by atoms with Crippen molar-refractivity contribution in [3.63, 3.8) is 0 Å². The highest BCUT2D eigenvalue weighted by molar-refractivity contribution is 6.31. The van der Waals surface area contributed by atoms with Gasteiger partial charge >= 0.3 is 0 Å². The third-order valence-electron chi connectivity index (χ3n) is 6.18. The fraction of sp³-hybridized carbons (Fsp3) is 0.138. The molecule has 5 nitrogen and oxygen atoms in total. The van der Waals surface area contributed by atoms with Crippen molar-refractivity contribution < 1.29 is 9.59 Å². The van der Waals surface area contributed by atoms with Gasteiger partial charge < -0.3 is 10.2 Å². The van der Waals surface area contributed by atoms with Crippen molar-refractivity contribution in [2.24, 2.45) is 0 Å². The summed E-state index contributed by atoms with van der Waals surface area (Å²) < 4.78 is 0. The van der Waals surface area contributed by atoms with Crippen LogP contribution in [0, 0.1) is 6.92 Å². The summed E-state index contributed by atoms with van der Waals surface area (Å²) in [5.41, 5.74) is 6.77. The first-order valence-corrected chi connectivity index (χ1v) is 11.9. The van der Waals surface area contributed by atoms with Gasteiger partial charge in [-0.3, -0.25) is 14.6 Å². The molecule has 6 heteroatoms. The summed E-state index contributed by atoms with van der Waals surface area (Å²) in [7, 11) is 0. The molecule has 0 aliphatic carbocycles. The van der Waals surface area contributed by atoms with Crippen molar-refractivity contribution in [2.45, 2.75) is 19.8 Å². The summed E-state index contributed by atoms with van der Waals surface area (Å²) in [4.78, 5) is 32.1. The van der Waals surface area contributed by atoms with Crippen LogP contribution in [-0.4, -0.2) is 23.3 Å². The zero-order chi connectivity index (χ0) is 24.4. The first-order valence-electron chi connectivity index (χ1n) is 11.5. The van der Waals surface area contributed by atoms with Gasteiger partial charge in [0.25, 0.3) is 5.91 Å². The van der Waals surface area contributed by atoms with Crippen LogP contribution < -0.4 is 10.2 Å². The Balaban J connectivity index is 1.35. The number of fused-ring (bicyclic) bond motifs is 1. The highest BCUT2D eigenvalue weighted by Crippen LogP contribution is 2.32. The van der Waals surface area contributed by atoms with Gasteiger partial charge in [0, 0.05) is 40.4 Å². The first-order chi connectivity index (χ1) is 17.0. The largest absolute Gasteiger partial charge is 0.322 e. The Hall–Kier alpha value is -3.96. The van der Waals surface area contributed by atoms with E-state index in [0.717, 1.165) is 40.1 Å². The lowest BCUT2D eigenvalue weighted by Crippen LogP contribution is -2.30. The van der Waals surface area contributed by atoms with Crippen LogP contribution >= 0.6 is 11.6 Å². The van der Waals surface area contributed by atoms with Gasteiger partial charge in [-0.15, -0.1) is 0 Å². The zero-order valence-corrected chi connectivity index (χ0v) is 20.0. The smallest absolute Gasteiger partial charge is 0.256 e. The maximum absolute atomic E-state index is 13.2. The van der Waals surface area contributed by atoms with Gasteiger partial charge in [0.05, 0.1) is 6.42 Å². The van der Waals surface area contributed by atoms with E-state index in [0.29, 0.717) is 22.8 Å². The van der Waals surface area contributed by atoms with Gasteiger partial charge in [0.2, 0.25) is 5.91 Å². The molecular weight excluding hydrogens is 458 g/mol. The van der Waals surface area contributed by atoms with Crippen LogP contribution in [0.2, 0.25) is 5.02 Å². The van der Waals surface area contributed by atoms with Crippen LogP contribution in [0.3, 0.4) is 0 Å². The highest BCUT2D eigenvalue weighted by atomic mass is 35.5. The molecule has 0 bridgehead atoms. The van der Waals surface area contributed by atoms with E-state index < -0.39 is 0 Å². The number of nitrogens with one attached hydrogen (secondary N) is 1. The lowest BCUT2D eigenvalue weighted by atomic mass is 9.98. The van der Waals surface area contributed by atoms with Gasteiger partial charge in [0.1, 0.15) is 0 Å².